The number of aromatic nitrogens is 1. The van der Waals surface area contributed by atoms with E-state index in [1.807, 2.05) is 29.8 Å². The van der Waals surface area contributed by atoms with Crippen molar-refractivity contribution in [2.75, 3.05) is 0 Å². The van der Waals surface area contributed by atoms with Crippen molar-refractivity contribution in [2.45, 2.75) is 0 Å². The summed E-state index contributed by atoms with van der Waals surface area (Å²) in [4.78, 5) is 3.81. The molecule has 1 nitrogen and oxygen atoms in total. The van der Waals surface area contributed by atoms with Crippen LogP contribution in [0.25, 0.3) is 0 Å². The number of pyridine rings is 1. The van der Waals surface area contributed by atoms with Gasteiger partial charge in [0.05, 0.1) is 0 Å². The van der Waals surface area contributed by atoms with Gasteiger partial charge < -0.3 is 0 Å². The quantitative estimate of drug-likeness (QED) is 0.359. The Kier molecular flexibility index (Phi) is 1.96. The van der Waals surface area contributed by atoms with Crippen LogP contribution in [0.2, 0.25) is 5.15 Å². The molecular weight excluding hydrogens is 116 g/mol. The van der Waals surface area contributed by atoms with Crippen LogP contribution in [0.3, 0.4) is 0 Å². The third-order valence-electron chi connectivity index (χ3n) is 0.882. The SMILES string of the molecule is [Li][c]1ccnc(Cl)c1. The Bertz CT molecular complexity index is 172. The summed E-state index contributed by atoms with van der Waals surface area (Å²) in [7, 11) is 0. The third-order valence-corrected chi connectivity index (χ3v) is 1.09. The standard InChI is InChI=1S/C5H3ClN.Li/c6-5-3-1-2-4-7-5;/h2-4H;. The first-order chi connectivity index (χ1) is 3.79. The van der Waals surface area contributed by atoms with Gasteiger partial charge >= 0.3 is 62.0 Å². The van der Waals surface area contributed by atoms with E-state index in [0.29, 0.717) is 5.15 Å². The molecule has 0 bridgehead atoms. The number of hydrogen-bond acceptors (Lipinski definition) is 1. The van der Waals surface area contributed by atoms with E-state index >= 15 is 0 Å². The Balaban J connectivity index is 3.08. The first-order valence-corrected chi connectivity index (χ1v) is 2.75. The van der Waals surface area contributed by atoms with E-state index < -0.39 is 0 Å². The first kappa shape index (κ1) is 6.16. The molecule has 0 radical (unpaired) electrons. The summed E-state index contributed by atoms with van der Waals surface area (Å²) in [6, 6.07) is 3.73. The van der Waals surface area contributed by atoms with Crippen molar-refractivity contribution in [2.24, 2.45) is 0 Å². The van der Waals surface area contributed by atoms with Crippen LogP contribution in [0.5, 0.6) is 0 Å². The molecular formula is C5H3ClLiN. The van der Waals surface area contributed by atoms with Crippen LogP contribution in [-0.2, 0) is 0 Å². The molecule has 0 aliphatic rings. The molecule has 0 unspecified atom stereocenters. The topological polar surface area (TPSA) is 12.9 Å². The van der Waals surface area contributed by atoms with E-state index in [1.165, 1.54) is 0 Å². The average Bonchev–Trinajstić information content (AvgIpc) is 1.64. The monoisotopic (exact) mass is 119 g/mol. The van der Waals surface area contributed by atoms with Crippen LogP contribution < -0.4 is 4.24 Å². The first-order valence-electron chi connectivity index (χ1n) is 2.37. The molecule has 1 heterocycles. The molecule has 3 heteroatoms. The second-order valence-electron chi connectivity index (χ2n) is 1.66. The molecule has 1 rings (SSSR count). The molecule has 0 aliphatic heterocycles. The summed E-state index contributed by atoms with van der Waals surface area (Å²) in [6.07, 6.45) is 1.69. The summed E-state index contributed by atoms with van der Waals surface area (Å²) < 4.78 is 1.14. The molecule has 0 spiro atoms. The Morgan fingerprint density at radius 3 is 2.75 bits per heavy atom. The summed E-state index contributed by atoms with van der Waals surface area (Å²) in [5.41, 5.74) is 0. The molecule has 36 valence electrons. The zero-order chi connectivity index (χ0) is 5.98. The summed E-state index contributed by atoms with van der Waals surface area (Å²) in [5, 5.41) is 0.560. The average molecular weight is 119 g/mol. The van der Waals surface area contributed by atoms with Crippen LogP contribution in [0, 0.1) is 0 Å². The van der Waals surface area contributed by atoms with E-state index in [1.54, 1.807) is 6.20 Å². The van der Waals surface area contributed by atoms with E-state index in [4.69, 9.17) is 11.6 Å². The summed E-state index contributed by atoms with van der Waals surface area (Å²) in [6.45, 7) is 0. The fourth-order valence-corrected chi connectivity index (χ4v) is 0.728. The van der Waals surface area contributed by atoms with Crippen LogP contribution in [0.15, 0.2) is 18.3 Å². The number of halogens is 1. The molecule has 0 fully saturated rings. The van der Waals surface area contributed by atoms with E-state index in [9.17, 15) is 0 Å². The Morgan fingerprint density at radius 1 is 1.62 bits per heavy atom. The second kappa shape index (κ2) is 2.55. The fraction of sp³-hybridized carbons (Fsp3) is 0. The van der Waals surface area contributed by atoms with Gasteiger partial charge in [-0.15, -0.1) is 0 Å². The van der Waals surface area contributed by atoms with Crippen molar-refractivity contribution in [3.05, 3.63) is 23.5 Å². The fourth-order valence-electron chi connectivity index (χ4n) is 0.499. The zero-order valence-corrected chi connectivity index (χ0v) is 5.31. The third kappa shape index (κ3) is 1.52. The minimum absolute atomic E-state index is 0.560. The Hall–Kier alpha value is 0.0374. The summed E-state index contributed by atoms with van der Waals surface area (Å²) >= 11 is 7.51. The molecule has 1 aromatic heterocycles. The van der Waals surface area contributed by atoms with Gasteiger partial charge in [0.2, 0.25) is 0 Å². The van der Waals surface area contributed by atoms with Gasteiger partial charge in [0.15, 0.2) is 0 Å². The molecule has 0 saturated heterocycles. The minimum atomic E-state index is 0.560. The van der Waals surface area contributed by atoms with Crippen LogP contribution >= 0.6 is 11.6 Å². The molecule has 0 saturated carbocycles. The van der Waals surface area contributed by atoms with Gasteiger partial charge in [-0.2, -0.15) is 0 Å². The van der Waals surface area contributed by atoms with Gasteiger partial charge in [0.25, 0.3) is 0 Å². The maximum absolute atomic E-state index is 5.53. The van der Waals surface area contributed by atoms with Crippen LogP contribution in [0.1, 0.15) is 0 Å². The van der Waals surface area contributed by atoms with Gasteiger partial charge in [0.1, 0.15) is 0 Å². The van der Waals surface area contributed by atoms with Crippen molar-refractivity contribution in [1.82, 2.24) is 4.98 Å². The Morgan fingerprint density at radius 2 is 2.38 bits per heavy atom. The number of hydrogen-bond donors (Lipinski definition) is 0. The van der Waals surface area contributed by atoms with Crippen LogP contribution in [0.4, 0.5) is 0 Å². The maximum atomic E-state index is 5.53. The van der Waals surface area contributed by atoms with Gasteiger partial charge in [-0.05, 0) is 0 Å². The number of rotatable bonds is 0. The van der Waals surface area contributed by atoms with Gasteiger partial charge in [-0.3, -0.25) is 0 Å². The molecule has 0 amide bonds. The number of nitrogens with zero attached hydrogens (tertiary/aromatic N) is 1. The molecule has 0 aliphatic carbocycles. The van der Waals surface area contributed by atoms with Crippen molar-refractivity contribution < 1.29 is 0 Å². The van der Waals surface area contributed by atoms with Gasteiger partial charge in [-0.1, -0.05) is 0 Å². The van der Waals surface area contributed by atoms with Gasteiger partial charge in [-0.25, -0.2) is 0 Å². The zero-order valence-electron chi connectivity index (χ0n) is 4.56. The van der Waals surface area contributed by atoms with Crippen molar-refractivity contribution >= 4 is 33.6 Å². The van der Waals surface area contributed by atoms with E-state index in [-0.39, 0.29) is 0 Å². The molecule has 0 N–H and O–H groups in total. The second-order valence-corrected chi connectivity index (χ2v) is 2.04. The molecule has 1 aromatic rings. The summed E-state index contributed by atoms with van der Waals surface area (Å²) in [5.74, 6) is 0. The van der Waals surface area contributed by atoms with Gasteiger partial charge in [0, 0.05) is 0 Å². The normalized spacial score (nSPS) is 9.38. The molecule has 8 heavy (non-hydrogen) atoms. The molecule has 0 aromatic carbocycles. The Labute approximate surface area is 62.3 Å². The van der Waals surface area contributed by atoms with Crippen molar-refractivity contribution in [3.63, 3.8) is 0 Å². The molecule has 0 atom stereocenters. The van der Waals surface area contributed by atoms with Crippen molar-refractivity contribution in [3.8, 4) is 0 Å². The predicted octanol–water partition coefficient (Wildman–Crippen LogP) is 0.529. The van der Waals surface area contributed by atoms with Crippen molar-refractivity contribution in [1.29, 1.82) is 0 Å². The van der Waals surface area contributed by atoms with Crippen LogP contribution in [-0.4, -0.2) is 22.7 Å². The van der Waals surface area contributed by atoms with E-state index in [0.717, 1.165) is 4.24 Å². The van der Waals surface area contributed by atoms with E-state index in [2.05, 4.69) is 4.98 Å². The predicted molar refractivity (Wildman–Crippen MR) is 34.6 cm³/mol.